The van der Waals surface area contributed by atoms with Gasteiger partial charge in [-0.05, 0) is 24.6 Å². The molecule has 1 amide bonds. The van der Waals surface area contributed by atoms with Crippen LogP contribution in [0.4, 0.5) is 5.82 Å². The number of halogens is 2. The zero-order valence-electron chi connectivity index (χ0n) is 9.45. The molecular weight excluding hydrogens is 318 g/mol. The van der Waals surface area contributed by atoms with Gasteiger partial charge in [0.15, 0.2) is 11.0 Å². The van der Waals surface area contributed by atoms with E-state index < -0.39 is 0 Å². The van der Waals surface area contributed by atoms with E-state index in [1.54, 1.807) is 12.1 Å². The summed E-state index contributed by atoms with van der Waals surface area (Å²) in [5.41, 5.74) is 1.42. The van der Waals surface area contributed by atoms with Crippen molar-refractivity contribution in [3.63, 3.8) is 0 Å². The fraction of sp³-hybridized carbons (Fsp3) is 0.0833. The quantitative estimate of drug-likeness (QED) is 0.919. The van der Waals surface area contributed by atoms with Crippen molar-refractivity contribution in [2.24, 2.45) is 0 Å². The zero-order valence-corrected chi connectivity index (χ0v) is 11.8. The SMILES string of the molecule is Cc1c(Br)cccc1C(=O)Nc1nccnc1Cl. The first kappa shape index (κ1) is 13.0. The number of benzene rings is 1. The van der Waals surface area contributed by atoms with E-state index in [0.29, 0.717) is 5.56 Å². The van der Waals surface area contributed by atoms with Crippen LogP contribution in [-0.4, -0.2) is 15.9 Å². The first-order valence-corrected chi connectivity index (χ1v) is 6.29. The maximum Gasteiger partial charge on any atom is 0.257 e. The molecule has 0 radical (unpaired) electrons. The molecule has 4 nitrogen and oxygen atoms in total. The monoisotopic (exact) mass is 325 g/mol. The topological polar surface area (TPSA) is 54.9 Å². The van der Waals surface area contributed by atoms with Crippen LogP contribution in [0.3, 0.4) is 0 Å². The normalized spacial score (nSPS) is 10.2. The Balaban J connectivity index is 2.28. The Bertz CT molecular complexity index is 604. The van der Waals surface area contributed by atoms with Gasteiger partial charge in [0.1, 0.15) is 0 Å². The van der Waals surface area contributed by atoms with E-state index in [4.69, 9.17) is 11.6 Å². The van der Waals surface area contributed by atoms with Gasteiger partial charge < -0.3 is 5.32 Å². The van der Waals surface area contributed by atoms with Gasteiger partial charge in [0.25, 0.3) is 5.91 Å². The minimum Gasteiger partial charge on any atom is -0.304 e. The van der Waals surface area contributed by atoms with Crippen LogP contribution in [0.1, 0.15) is 15.9 Å². The Hall–Kier alpha value is -1.46. The van der Waals surface area contributed by atoms with Gasteiger partial charge in [-0.1, -0.05) is 33.6 Å². The molecule has 92 valence electrons. The summed E-state index contributed by atoms with van der Waals surface area (Å²) >= 11 is 9.21. The summed E-state index contributed by atoms with van der Waals surface area (Å²) in [7, 11) is 0. The molecule has 1 heterocycles. The molecule has 0 spiro atoms. The van der Waals surface area contributed by atoms with Gasteiger partial charge in [0.2, 0.25) is 0 Å². The van der Waals surface area contributed by atoms with E-state index in [-0.39, 0.29) is 16.9 Å². The van der Waals surface area contributed by atoms with Crippen molar-refractivity contribution in [2.45, 2.75) is 6.92 Å². The van der Waals surface area contributed by atoms with Crippen molar-refractivity contribution in [3.05, 3.63) is 51.3 Å². The van der Waals surface area contributed by atoms with Gasteiger partial charge in [-0.2, -0.15) is 0 Å². The first-order chi connectivity index (χ1) is 8.59. The summed E-state index contributed by atoms with van der Waals surface area (Å²) in [5, 5.41) is 2.79. The summed E-state index contributed by atoms with van der Waals surface area (Å²) in [6.07, 6.45) is 2.93. The number of anilines is 1. The molecule has 0 saturated heterocycles. The molecule has 1 N–H and O–H groups in total. The number of carbonyl (C=O) groups is 1. The van der Waals surface area contributed by atoms with Gasteiger partial charge >= 0.3 is 0 Å². The van der Waals surface area contributed by atoms with Gasteiger partial charge in [-0.3, -0.25) is 4.79 Å². The number of nitrogens with zero attached hydrogens (tertiary/aromatic N) is 2. The van der Waals surface area contributed by atoms with E-state index in [2.05, 4.69) is 31.2 Å². The number of hydrogen-bond acceptors (Lipinski definition) is 3. The molecule has 2 rings (SSSR count). The lowest BCUT2D eigenvalue weighted by atomic mass is 10.1. The van der Waals surface area contributed by atoms with E-state index in [1.165, 1.54) is 12.4 Å². The fourth-order valence-electron chi connectivity index (χ4n) is 1.43. The predicted molar refractivity (Wildman–Crippen MR) is 73.9 cm³/mol. The summed E-state index contributed by atoms with van der Waals surface area (Å²) in [5.74, 6) is -0.0141. The number of aromatic nitrogens is 2. The molecule has 6 heteroatoms. The lowest BCUT2D eigenvalue weighted by Crippen LogP contribution is -2.15. The Morgan fingerprint density at radius 3 is 2.78 bits per heavy atom. The molecule has 0 saturated carbocycles. The maximum absolute atomic E-state index is 12.1. The summed E-state index contributed by atoms with van der Waals surface area (Å²) < 4.78 is 0.875. The van der Waals surface area contributed by atoms with Gasteiger partial charge in [-0.15, -0.1) is 0 Å². The third-order valence-electron chi connectivity index (χ3n) is 2.40. The Morgan fingerprint density at radius 1 is 1.33 bits per heavy atom. The smallest absolute Gasteiger partial charge is 0.257 e. The molecule has 0 aliphatic heterocycles. The van der Waals surface area contributed by atoms with Crippen LogP contribution in [0.25, 0.3) is 0 Å². The third kappa shape index (κ3) is 2.68. The van der Waals surface area contributed by atoms with Crippen molar-refractivity contribution >= 4 is 39.3 Å². The van der Waals surface area contributed by atoms with Crippen LogP contribution in [-0.2, 0) is 0 Å². The van der Waals surface area contributed by atoms with Crippen molar-refractivity contribution in [2.75, 3.05) is 5.32 Å². The van der Waals surface area contributed by atoms with Gasteiger partial charge in [0, 0.05) is 22.4 Å². The van der Waals surface area contributed by atoms with Crippen molar-refractivity contribution in [1.29, 1.82) is 0 Å². The molecule has 18 heavy (non-hydrogen) atoms. The largest absolute Gasteiger partial charge is 0.304 e. The Morgan fingerprint density at radius 2 is 2.06 bits per heavy atom. The number of amides is 1. The molecule has 0 bridgehead atoms. The summed E-state index contributed by atoms with van der Waals surface area (Å²) in [6, 6.07) is 5.41. The van der Waals surface area contributed by atoms with Crippen LogP contribution in [0, 0.1) is 6.92 Å². The standard InChI is InChI=1S/C12H9BrClN3O/c1-7-8(3-2-4-9(7)13)12(18)17-11-10(14)15-5-6-16-11/h2-6H,1H3,(H,16,17,18). The second kappa shape index (κ2) is 5.46. The van der Waals surface area contributed by atoms with E-state index >= 15 is 0 Å². The zero-order chi connectivity index (χ0) is 13.1. The number of carbonyl (C=O) groups excluding carboxylic acids is 1. The average molecular weight is 327 g/mol. The highest BCUT2D eigenvalue weighted by Crippen LogP contribution is 2.21. The van der Waals surface area contributed by atoms with E-state index in [9.17, 15) is 4.79 Å². The predicted octanol–water partition coefficient (Wildman–Crippen LogP) is 3.45. The van der Waals surface area contributed by atoms with Crippen LogP contribution in [0.5, 0.6) is 0 Å². The highest BCUT2D eigenvalue weighted by molar-refractivity contribution is 9.10. The second-order valence-corrected chi connectivity index (χ2v) is 4.77. The van der Waals surface area contributed by atoms with Crippen LogP contribution >= 0.6 is 27.5 Å². The molecule has 0 aliphatic carbocycles. The lowest BCUT2D eigenvalue weighted by Gasteiger charge is -2.08. The molecular formula is C12H9BrClN3O. The molecule has 0 atom stereocenters. The molecule has 1 aromatic heterocycles. The van der Waals surface area contributed by atoms with Gasteiger partial charge in [-0.25, -0.2) is 9.97 Å². The van der Waals surface area contributed by atoms with Crippen molar-refractivity contribution in [1.82, 2.24) is 9.97 Å². The van der Waals surface area contributed by atoms with Crippen molar-refractivity contribution in [3.8, 4) is 0 Å². The summed E-state index contributed by atoms with van der Waals surface area (Å²) in [4.78, 5) is 19.9. The molecule has 0 aliphatic rings. The summed E-state index contributed by atoms with van der Waals surface area (Å²) in [6.45, 7) is 1.86. The van der Waals surface area contributed by atoms with Crippen LogP contribution in [0.2, 0.25) is 5.15 Å². The average Bonchev–Trinajstić information content (AvgIpc) is 2.35. The van der Waals surface area contributed by atoms with Gasteiger partial charge in [0.05, 0.1) is 0 Å². The highest BCUT2D eigenvalue weighted by atomic mass is 79.9. The second-order valence-electron chi connectivity index (χ2n) is 3.56. The van der Waals surface area contributed by atoms with Crippen LogP contribution in [0.15, 0.2) is 35.1 Å². The lowest BCUT2D eigenvalue weighted by molar-refractivity contribution is 0.102. The third-order valence-corrected chi connectivity index (χ3v) is 3.53. The minimum atomic E-state index is -0.267. The van der Waals surface area contributed by atoms with E-state index in [1.807, 2.05) is 13.0 Å². The van der Waals surface area contributed by atoms with E-state index in [0.717, 1.165) is 10.0 Å². The maximum atomic E-state index is 12.1. The number of nitrogens with one attached hydrogen (secondary N) is 1. The van der Waals surface area contributed by atoms with Crippen molar-refractivity contribution < 1.29 is 4.79 Å². The highest BCUT2D eigenvalue weighted by Gasteiger charge is 2.13. The fourth-order valence-corrected chi connectivity index (χ4v) is 1.95. The molecule has 2 aromatic rings. The Kier molecular flexibility index (Phi) is 3.93. The molecule has 0 unspecified atom stereocenters. The van der Waals surface area contributed by atoms with Crippen LogP contribution < -0.4 is 5.32 Å². The number of hydrogen-bond donors (Lipinski definition) is 1. The minimum absolute atomic E-state index is 0.165. The number of rotatable bonds is 2. The first-order valence-electron chi connectivity index (χ1n) is 5.12. The Labute approximate surface area is 118 Å². The molecule has 0 fully saturated rings. The molecule has 1 aromatic carbocycles.